The van der Waals surface area contributed by atoms with Crippen molar-refractivity contribution in [2.75, 3.05) is 6.54 Å². The van der Waals surface area contributed by atoms with Crippen molar-refractivity contribution < 1.29 is 4.79 Å². The number of aryl methyl sites for hydroxylation is 3. The molecule has 0 saturated carbocycles. The number of nitrogens with zero attached hydrogens (tertiary/aromatic N) is 4. The van der Waals surface area contributed by atoms with Gasteiger partial charge in [-0.2, -0.15) is 0 Å². The summed E-state index contributed by atoms with van der Waals surface area (Å²) in [6.07, 6.45) is 5.82. The van der Waals surface area contributed by atoms with Crippen molar-refractivity contribution in [3.05, 3.63) is 41.5 Å². The molecule has 110 valence electrons. The molecule has 2 aromatic heterocycles. The van der Waals surface area contributed by atoms with Crippen molar-refractivity contribution in [3.8, 4) is 0 Å². The third-order valence-electron chi connectivity index (χ3n) is 3.80. The number of carbonyl (C=O) groups excluding carboxylic acids is 1. The molecule has 6 heteroatoms. The van der Waals surface area contributed by atoms with Gasteiger partial charge in [0.05, 0.1) is 0 Å². The fourth-order valence-corrected chi connectivity index (χ4v) is 2.75. The first-order valence-electron chi connectivity index (χ1n) is 7.22. The Kier molecular flexibility index (Phi) is 3.68. The van der Waals surface area contributed by atoms with Crippen LogP contribution in [0, 0.1) is 19.8 Å². The number of nitrogens with one attached hydrogen (secondary N) is 1. The van der Waals surface area contributed by atoms with Gasteiger partial charge in [0.2, 0.25) is 0 Å². The van der Waals surface area contributed by atoms with Gasteiger partial charge in [-0.1, -0.05) is 0 Å². The molecule has 1 amide bonds. The number of carbonyl (C=O) groups is 1. The minimum absolute atomic E-state index is 0.127. The van der Waals surface area contributed by atoms with Crippen molar-refractivity contribution in [3.63, 3.8) is 0 Å². The molecule has 21 heavy (non-hydrogen) atoms. The maximum Gasteiger partial charge on any atom is 0.270 e. The van der Waals surface area contributed by atoms with E-state index < -0.39 is 0 Å². The van der Waals surface area contributed by atoms with Gasteiger partial charge in [0, 0.05) is 37.6 Å². The Bertz CT molecular complexity index is 644. The van der Waals surface area contributed by atoms with Crippen LogP contribution in [0.3, 0.4) is 0 Å². The van der Waals surface area contributed by atoms with Gasteiger partial charge in [-0.05, 0) is 32.3 Å². The molecule has 0 fully saturated rings. The van der Waals surface area contributed by atoms with E-state index in [1.165, 1.54) is 0 Å². The summed E-state index contributed by atoms with van der Waals surface area (Å²) in [6.45, 7) is 5.30. The van der Waals surface area contributed by atoms with Gasteiger partial charge in [-0.15, -0.1) is 0 Å². The molecule has 0 aromatic carbocycles. The highest BCUT2D eigenvalue weighted by molar-refractivity contribution is 5.92. The smallest absolute Gasteiger partial charge is 0.270 e. The van der Waals surface area contributed by atoms with E-state index in [1.807, 2.05) is 19.3 Å². The second kappa shape index (κ2) is 5.63. The highest BCUT2D eigenvalue weighted by atomic mass is 16.1. The molecule has 0 unspecified atom stereocenters. The van der Waals surface area contributed by atoms with Crippen molar-refractivity contribution in [1.29, 1.82) is 0 Å². The maximum atomic E-state index is 12.2. The molecule has 2 aromatic rings. The summed E-state index contributed by atoms with van der Waals surface area (Å²) < 4.78 is 2.18. The van der Waals surface area contributed by atoms with Crippen LogP contribution >= 0.6 is 0 Å². The van der Waals surface area contributed by atoms with Crippen molar-refractivity contribution in [2.45, 2.75) is 33.2 Å². The number of rotatable bonds is 3. The summed E-state index contributed by atoms with van der Waals surface area (Å²) in [5.74, 6) is 2.04. The first-order chi connectivity index (χ1) is 10.1. The zero-order valence-electron chi connectivity index (χ0n) is 12.3. The summed E-state index contributed by atoms with van der Waals surface area (Å²) in [6, 6.07) is 1.72. The molecule has 1 N–H and O–H groups in total. The number of amides is 1. The number of aromatic nitrogens is 4. The normalized spacial score (nSPS) is 17.3. The van der Waals surface area contributed by atoms with Crippen LogP contribution in [-0.2, 0) is 13.0 Å². The van der Waals surface area contributed by atoms with Crippen molar-refractivity contribution >= 4 is 5.91 Å². The summed E-state index contributed by atoms with van der Waals surface area (Å²) >= 11 is 0. The average molecular weight is 285 g/mol. The summed E-state index contributed by atoms with van der Waals surface area (Å²) in [7, 11) is 0. The van der Waals surface area contributed by atoms with E-state index in [0.717, 1.165) is 30.9 Å². The van der Waals surface area contributed by atoms with E-state index >= 15 is 0 Å². The lowest BCUT2D eigenvalue weighted by Crippen LogP contribution is -2.33. The van der Waals surface area contributed by atoms with Gasteiger partial charge >= 0.3 is 0 Å². The predicted octanol–water partition coefficient (Wildman–Crippen LogP) is 1.28. The fraction of sp³-hybridized carbons (Fsp3) is 0.467. The van der Waals surface area contributed by atoms with Crippen LogP contribution in [0.25, 0.3) is 0 Å². The highest BCUT2D eigenvalue weighted by Crippen LogP contribution is 2.18. The Morgan fingerprint density at radius 3 is 3.10 bits per heavy atom. The van der Waals surface area contributed by atoms with Crippen LogP contribution in [0.1, 0.15) is 34.3 Å². The van der Waals surface area contributed by atoms with Crippen LogP contribution in [0.15, 0.2) is 18.5 Å². The Labute approximate surface area is 123 Å². The second-order valence-corrected chi connectivity index (χ2v) is 5.55. The average Bonchev–Trinajstić information content (AvgIpc) is 2.91. The molecule has 1 aliphatic rings. The van der Waals surface area contributed by atoms with Crippen LogP contribution in [0.5, 0.6) is 0 Å². The molecule has 1 atom stereocenters. The highest BCUT2D eigenvalue weighted by Gasteiger charge is 2.20. The Morgan fingerprint density at radius 1 is 1.43 bits per heavy atom. The van der Waals surface area contributed by atoms with E-state index in [-0.39, 0.29) is 5.91 Å². The third kappa shape index (κ3) is 3.09. The predicted molar refractivity (Wildman–Crippen MR) is 77.9 cm³/mol. The van der Waals surface area contributed by atoms with E-state index in [1.54, 1.807) is 13.0 Å². The van der Waals surface area contributed by atoms with Gasteiger partial charge in [0.15, 0.2) is 0 Å². The van der Waals surface area contributed by atoms with Gasteiger partial charge in [0.25, 0.3) is 5.91 Å². The van der Waals surface area contributed by atoms with Crippen LogP contribution in [0.4, 0.5) is 0 Å². The minimum Gasteiger partial charge on any atom is -0.350 e. The minimum atomic E-state index is -0.127. The quantitative estimate of drug-likeness (QED) is 0.922. The summed E-state index contributed by atoms with van der Waals surface area (Å²) in [4.78, 5) is 24.9. The molecular formula is C15H19N5O. The molecule has 3 rings (SSSR count). The number of hydrogen-bond acceptors (Lipinski definition) is 4. The van der Waals surface area contributed by atoms with Crippen LogP contribution in [-0.4, -0.2) is 32.0 Å². The van der Waals surface area contributed by atoms with E-state index in [2.05, 4.69) is 24.8 Å². The van der Waals surface area contributed by atoms with Gasteiger partial charge in [0.1, 0.15) is 17.3 Å². The van der Waals surface area contributed by atoms with Crippen molar-refractivity contribution in [1.82, 2.24) is 24.8 Å². The van der Waals surface area contributed by atoms with E-state index in [0.29, 0.717) is 24.0 Å². The lowest BCUT2D eigenvalue weighted by molar-refractivity contribution is 0.0939. The SMILES string of the molecule is Cc1cc(C(=O)NC[C@@H]2CCn3ccnc3C2)nc(C)n1. The Balaban J connectivity index is 1.59. The lowest BCUT2D eigenvalue weighted by atomic mass is 9.98. The zero-order chi connectivity index (χ0) is 14.8. The standard InChI is InChI=1S/C15H19N5O/c1-10-7-13(19-11(2)18-10)15(21)17-9-12-3-5-20-6-4-16-14(20)8-12/h4,6-7,12H,3,5,8-9H2,1-2H3,(H,17,21)/t12-/m1/s1. The monoisotopic (exact) mass is 285 g/mol. The summed E-state index contributed by atoms with van der Waals surface area (Å²) in [5, 5.41) is 2.98. The Hall–Kier alpha value is -2.24. The molecule has 6 nitrogen and oxygen atoms in total. The van der Waals surface area contributed by atoms with E-state index in [4.69, 9.17) is 0 Å². The van der Waals surface area contributed by atoms with E-state index in [9.17, 15) is 4.79 Å². The molecule has 1 aliphatic heterocycles. The first-order valence-corrected chi connectivity index (χ1v) is 7.22. The van der Waals surface area contributed by atoms with Gasteiger partial charge in [-0.3, -0.25) is 4.79 Å². The largest absolute Gasteiger partial charge is 0.350 e. The number of imidazole rings is 1. The molecular weight excluding hydrogens is 266 g/mol. The summed E-state index contributed by atoms with van der Waals surface area (Å²) in [5.41, 5.74) is 1.25. The topological polar surface area (TPSA) is 72.7 Å². The molecule has 0 spiro atoms. The first kappa shape index (κ1) is 13.7. The number of hydrogen-bond donors (Lipinski definition) is 1. The van der Waals surface area contributed by atoms with Gasteiger partial charge < -0.3 is 9.88 Å². The maximum absolute atomic E-state index is 12.2. The second-order valence-electron chi connectivity index (χ2n) is 5.55. The van der Waals surface area contributed by atoms with Crippen LogP contribution < -0.4 is 5.32 Å². The Morgan fingerprint density at radius 2 is 2.29 bits per heavy atom. The van der Waals surface area contributed by atoms with Gasteiger partial charge in [-0.25, -0.2) is 15.0 Å². The molecule has 0 bridgehead atoms. The zero-order valence-corrected chi connectivity index (χ0v) is 12.3. The van der Waals surface area contributed by atoms with Crippen LogP contribution in [0.2, 0.25) is 0 Å². The fourth-order valence-electron chi connectivity index (χ4n) is 2.75. The molecule has 3 heterocycles. The molecule has 0 saturated heterocycles. The molecule has 0 radical (unpaired) electrons. The lowest BCUT2D eigenvalue weighted by Gasteiger charge is -2.23. The third-order valence-corrected chi connectivity index (χ3v) is 3.80. The van der Waals surface area contributed by atoms with Crippen molar-refractivity contribution in [2.24, 2.45) is 5.92 Å². The number of fused-ring (bicyclic) bond motifs is 1. The molecule has 0 aliphatic carbocycles.